The van der Waals surface area contributed by atoms with Crippen molar-refractivity contribution in [3.63, 3.8) is 0 Å². The number of ether oxygens (including phenoxy) is 1. The van der Waals surface area contributed by atoms with Gasteiger partial charge in [-0.05, 0) is 40.0 Å². The molecule has 1 aliphatic heterocycles. The maximum Gasteiger partial charge on any atom is 0.137 e. The quantitative estimate of drug-likeness (QED) is 0.847. The van der Waals surface area contributed by atoms with E-state index in [0.29, 0.717) is 4.47 Å². The van der Waals surface area contributed by atoms with Crippen LogP contribution in [0.15, 0.2) is 22.7 Å². The molecule has 0 saturated carbocycles. The predicted octanol–water partition coefficient (Wildman–Crippen LogP) is 2.46. The second-order valence-electron chi connectivity index (χ2n) is 3.95. The summed E-state index contributed by atoms with van der Waals surface area (Å²) in [6.07, 6.45) is 0.957. The smallest absolute Gasteiger partial charge is 0.137 e. The van der Waals surface area contributed by atoms with Crippen molar-refractivity contribution < 1.29 is 9.13 Å². The van der Waals surface area contributed by atoms with E-state index in [4.69, 9.17) is 4.74 Å². The van der Waals surface area contributed by atoms with Crippen LogP contribution in [-0.2, 0) is 11.2 Å². The van der Waals surface area contributed by atoms with Crippen LogP contribution in [-0.4, -0.2) is 37.7 Å². The van der Waals surface area contributed by atoms with E-state index in [0.717, 1.165) is 39.3 Å². The highest BCUT2D eigenvalue weighted by molar-refractivity contribution is 9.10. The highest BCUT2D eigenvalue weighted by atomic mass is 79.9. The number of hydrogen-bond donors (Lipinski definition) is 0. The largest absolute Gasteiger partial charge is 0.379 e. The molecule has 2 nitrogen and oxygen atoms in total. The zero-order chi connectivity index (χ0) is 11.4. The number of benzene rings is 1. The summed E-state index contributed by atoms with van der Waals surface area (Å²) in [5.41, 5.74) is 1.17. The van der Waals surface area contributed by atoms with Crippen molar-refractivity contribution in [1.82, 2.24) is 4.90 Å². The van der Waals surface area contributed by atoms with E-state index < -0.39 is 0 Å². The Bertz CT molecular complexity index is 353. The molecular weight excluding hydrogens is 273 g/mol. The first-order valence-corrected chi connectivity index (χ1v) is 6.29. The minimum atomic E-state index is -0.199. The Morgan fingerprint density at radius 3 is 2.75 bits per heavy atom. The first-order valence-electron chi connectivity index (χ1n) is 5.50. The molecular formula is C12H15BrFNO. The second-order valence-corrected chi connectivity index (χ2v) is 4.81. The molecule has 4 heteroatoms. The summed E-state index contributed by atoms with van der Waals surface area (Å²) < 4.78 is 18.9. The molecule has 0 unspecified atom stereocenters. The van der Waals surface area contributed by atoms with Crippen molar-refractivity contribution >= 4 is 15.9 Å². The summed E-state index contributed by atoms with van der Waals surface area (Å²) >= 11 is 3.20. The normalized spacial score (nSPS) is 17.6. The topological polar surface area (TPSA) is 12.5 Å². The van der Waals surface area contributed by atoms with Gasteiger partial charge in [-0.15, -0.1) is 0 Å². The van der Waals surface area contributed by atoms with Crippen LogP contribution < -0.4 is 0 Å². The Hall–Kier alpha value is -0.450. The molecule has 88 valence electrons. The molecule has 1 aliphatic rings. The van der Waals surface area contributed by atoms with Crippen molar-refractivity contribution in [3.05, 3.63) is 34.1 Å². The van der Waals surface area contributed by atoms with Crippen LogP contribution >= 0.6 is 15.9 Å². The minimum Gasteiger partial charge on any atom is -0.379 e. The molecule has 0 N–H and O–H groups in total. The van der Waals surface area contributed by atoms with Crippen LogP contribution in [0.2, 0.25) is 0 Å². The molecule has 16 heavy (non-hydrogen) atoms. The molecule has 0 spiro atoms. The van der Waals surface area contributed by atoms with Gasteiger partial charge in [-0.2, -0.15) is 0 Å². The van der Waals surface area contributed by atoms with Crippen LogP contribution in [0.3, 0.4) is 0 Å². The van der Waals surface area contributed by atoms with Crippen LogP contribution in [0.5, 0.6) is 0 Å². The summed E-state index contributed by atoms with van der Waals surface area (Å²) in [4.78, 5) is 2.38. The van der Waals surface area contributed by atoms with Gasteiger partial charge >= 0.3 is 0 Å². The Kier molecular flexibility index (Phi) is 4.32. The van der Waals surface area contributed by atoms with E-state index in [-0.39, 0.29) is 5.82 Å². The van der Waals surface area contributed by atoms with Crippen LogP contribution in [0.4, 0.5) is 4.39 Å². The summed E-state index contributed by atoms with van der Waals surface area (Å²) in [6, 6.07) is 5.22. The minimum absolute atomic E-state index is 0.199. The summed E-state index contributed by atoms with van der Waals surface area (Å²) in [7, 11) is 0. The van der Waals surface area contributed by atoms with Gasteiger partial charge in [-0.25, -0.2) is 4.39 Å². The molecule has 0 amide bonds. The molecule has 1 heterocycles. The molecule has 1 fully saturated rings. The van der Waals surface area contributed by atoms with Crippen molar-refractivity contribution in [1.29, 1.82) is 0 Å². The van der Waals surface area contributed by atoms with E-state index in [1.165, 1.54) is 11.6 Å². The standard InChI is InChI=1S/C12H15BrFNO/c13-11-9-10(1-2-12(11)14)3-4-15-5-7-16-8-6-15/h1-2,9H,3-8H2. The van der Waals surface area contributed by atoms with E-state index in [1.54, 1.807) is 0 Å². The van der Waals surface area contributed by atoms with Crippen molar-refractivity contribution in [3.8, 4) is 0 Å². The van der Waals surface area contributed by atoms with Gasteiger partial charge in [-0.1, -0.05) is 6.07 Å². The fraction of sp³-hybridized carbons (Fsp3) is 0.500. The zero-order valence-electron chi connectivity index (χ0n) is 9.09. The van der Waals surface area contributed by atoms with Gasteiger partial charge in [0.05, 0.1) is 17.7 Å². The van der Waals surface area contributed by atoms with Gasteiger partial charge in [0.15, 0.2) is 0 Å². The third-order valence-corrected chi connectivity index (χ3v) is 3.41. The lowest BCUT2D eigenvalue weighted by Crippen LogP contribution is -2.37. The number of hydrogen-bond acceptors (Lipinski definition) is 2. The molecule has 1 aromatic rings. The Morgan fingerprint density at radius 1 is 1.31 bits per heavy atom. The van der Waals surface area contributed by atoms with Gasteiger partial charge in [0, 0.05) is 19.6 Å². The van der Waals surface area contributed by atoms with E-state index in [9.17, 15) is 4.39 Å². The fourth-order valence-corrected chi connectivity index (χ4v) is 2.23. The first kappa shape index (κ1) is 12.0. The van der Waals surface area contributed by atoms with E-state index >= 15 is 0 Å². The Labute approximate surface area is 104 Å². The summed E-state index contributed by atoms with van der Waals surface area (Å²) in [6.45, 7) is 4.67. The number of nitrogens with zero attached hydrogens (tertiary/aromatic N) is 1. The molecule has 0 aromatic heterocycles. The SMILES string of the molecule is Fc1ccc(CCN2CCOCC2)cc1Br. The fourth-order valence-electron chi connectivity index (χ4n) is 1.81. The average molecular weight is 288 g/mol. The summed E-state index contributed by atoms with van der Waals surface area (Å²) in [5, 5.41) is 0. The predicted molar refractivity (Wildman–Crippen MR) is 65.1 cm³/mol. The van der Waals surface area contributed by atoms with E-state index in [1.807, 2.05) is 12.1 Å². The Balaban J connectivity index is 1.86. The van der Waals surface area contributed by atoms with E-state index in [2.05, 4.69) is 20.8 Å². The molecule has 0 aliphatic carbocycles. The first-order chi connectivity index (χ1) is 7.75. The molecule has 2 rings (SSSR count). The van der Waals surface area contributed by atoms with Gasteiger partial charge in [0.25, 0.3) is 0 Å². The van der Waals surface area contributed by atoms with Gasteiger partial charge in [0.1, 0.15) is 5.82 Å². The maximum absolute atomic E-state index is 13.0. The zero-order valence-corrected chi connectivity index (χ0v) is 10.7. The third-order valence-electron chi connectivity index (χ3n) is 2.80. The van der Waals surface area contributed by atoms with Crippen LogP contribution in [0.1, 0.15) is 5.56 Å². The molecule has 1 aromatic carbocycles. The van der Waals surface area contributed by atoms with Crippen LogP contribution in [0.25, 0.3) is 0 Å². The molecule has 0 radical (unpaired) electrons. The lowest BCUT2D eigenvalue weighted by atomic mass is 10.1. The molecule has 0 atom stereocenters. The highest BCUT2D eigenvalue weighted by Crippen LogP contribution is 2.17. The van der Waals surface area contributed by atoms with Crippen molar-refractivity contribution in [2.24, 2.45) is 0 Å². The number of morpholine rings is 1. The molecule has 0 bridgehead atoms. The second kappa shape index (κ2) is 5.75. The summed E-state index contributed by atoms with van der Waals surface area (Å²) in [5.74, 6) is -0.199. The lowest BCUT2D eigenvalue weighted by Gasteiger charge is -2.26. The monoisotopic (exact) mass is 287 g/mol. The number of halogens is 2. The number of rotatable bonds is 3. The van der Waals surface area contributed by atoms with Crippen molar-refractivity contribution in [2.75, 3.05) is 32.8 Å². The lowest BCUT2D eigenvalue weighted by molar-refractivity contribution is 0.0384. The maximum atomic E-state index is 13.0. The molecule has 1 saturated heterocycles. The average Bonchev–Trinajstić information content (AvgIpc) is 2.32. The third kappa shape index (κ3) is 3.27. The van der Waals surface area contributed by atoms with Gasteiger partial charge in [-0.3, -0.25) is 4.90 Å². The van der Waals surface area contributed by atoms with Crippen LogP contribution in [0, 0.1) is 5.82 Å². The highest BCUT2D eigenvalue weighted by Gasteiger charge is 2.10. The van der Waals surface area contributed by atoms with Gasteiger partial charge < -0.3 is 4.74 Å². The van der Waals surface area contributed by atoms with Gasteiger partial charge in [0.2, 0.25) is 0 Å². The Morgan fingerprint density at radius 2 is 2.06 bits per heavy atom. The van der Waals surface area contributed by atoms with Crippen molar-refractivity contribution in [2.45, 2.75) is 6.42 Å².